The number of halogens is 1. The minimum Gasteiger partial charge on any atom is -0.340 e. The highest BCUT2D eigenvalue weighted by atomic mass is 35.5. The number of carbonyl (C=O) groups is 2. The first kappa shape index (κ1) is 18.8. The lowest BCUT2D eigenvalue weighted by atomic mass is 9.99. The maximum Gasteiger partial charge on any atom is 0.224 e. The van der Waals surface area contributed by atoms with Gasteiger partial charge in [0.1, 0.15) is 0 Å². The average molecular weight is 351 g/mol. The van der Waals surface area contributed by atoms with Crippen LogP contribution in [-0.2, 0) is 9.59 Å². The molecule has 132 valence electrons. The van der Waals surface area contributed by atoms with Crippen molar-refractivity contribution in [3.8, 4) is 0 Å². The fraction of sp³-hybridized carbons (Fsp3) is 0.579. The van der Waals surface area contributed by atoms with Crippen molar-refractivity contribution < 1.29 is 9.59 Å². The van der Waals surface area contributed by atoms with Crippen LogP contribution in [0.15, 0.2) is 18.2 Å². The molecule has 0 spiro atoms. The van der Waals surface area contributed by atoms with Gasteiger partial charge in [-0.2, -0.15) is 0 Å². The molecular formula is C19H27ClN2O2. The van der Waals surface area contributed by atoms with Crippen LogP contribution >= 0.6 is 11.6 Å². The Bertz CT molecular complexity index is 603. The van der Waals surface area contributed by atoms with E-state index in [4.69, 9.17) is 11.6 Å². The van der Waals surface area contributed by atoms with Crippen LogP contribution in [0.5, 0.6) is 0 Å². The molecule has 1 aromatic carbocycles. The summed E-state index contributed by atoms with van der Waals surface area (Å²) in [6.07, 6.45) is 4.71. The molecule has 1 aliphatic rings. The lowest BCUT2D eigenvalue weighted by Crippen LogP contribution is -2.44. The van der Waals surface area contributed by atoms with Gasteiger partial charge in [0.05, 0.1) is 0 Å². The van der Waals surface area contributed by atoms with Gasteiger partial charge in [-0.05, 0) is 50.3 Å². The summed E-state index contributed by atoms with van der Waals surface area (Å²) in [5.74, 6) is 0.0753. The van der Waals surface area contributed by atoms with Gasteiger partial charge < -0.3 is 9.80 Å². The summed E-state index contributed by atoms with van der Waals surface area (Å²) in [5.41, 5.74) is 1.65. The number of nitrogens with zero attached hydrogens (tertiary/aromatic N) is 2. The smallest absolute Gasteiger partial charge is 0.224 e. The molecule has 0 bridgehead atoms. The monoisotopic (exact) mass is 350 g/mol. The molecule has 2 amide bonds. The van der Waals surface area contributed by atoms with Crippen molar-refractivity contribution in [2.45, 2.75) is 58.9 Å². The molecule has 0 radical (unpaired) electrons. The van der Waals surface area contributed by atoms with Crippen molar-refractivity contribution >= 4 is 29.1 Å². The topological polar surface area (TPSA) is 40.6 Å². The Balaban J connectivity index is 2.07. The summed E-state index contributed by atoms with van der Waals surface area (Å²) in [6, 6.07) is 5.87. The standard InChI is InChI=1S/C19H27ClN2O2/c1-4-16-8-5-6-12-22(16)19(24)11-13-21(15(3)23)18-10-7-9-17(20)14(18)2/h7,9-10,16H,4-6,8,11-13H2,1-3H3. The Labute approximate surface area is 149 Å². The van der Waals surface area contributed by atoms with E-state index >= 15 is 0 Å². The van der Waals surface area contributed by atoms with Crippen LogP contribution in [0.25, 0.3) is 0 Å². The fourth-order valence-corrected chi connectivity index (χ4v) is 3.61. The van der Waals surface area contributed by atoms with Gasteiger partial charge in [-0.3, -0.25) is 9.59 Å². The van der Waals surface area contributed by atoms with Crippen LogP contribution in [0.3, 0.4) is 0 Å². The molecule has 1 heterocycles. The SMILES string of the molecule is CCC1CCCCN1C(=O)CCN(C(C)=O)c1cccc(Cl)c1C. The molecule has 4 nitrogen and oxygen atoms in total. The van der Waals surface area contributed by atoms with Crippen molar-refractivity contribution in [1.82, 2.24) is 4.90 Å². The average Bonchev–Trinajstić information content (AvgIpc) is 2.58. The molecule has 0 aromatic heterocycles. The van der Waals surface area contributed by atoms with Crippen molar-refractivity contribution in [3.05, 3.63) is 28.8 Å². The molecule has 1 atom stereocenters. The number of likely N-dealkylation sites (tertiary alicyclic amines) is 1. The van der Waals surface area contributed by atoms with Crippen LogP contribution in [0.1, 0.15) is 51.5 Å². The summed E-state index contributed by atoms with van der Waals surface area (Å²) in [7, 11) is 0. The van der Waals surface area contributed by atoms with Crippen LogP contribution in [-0.4, -0.2) is 35.8 Å². The highest BCUT2D eigenvalue weighted by Crippen LogP contribution is 2.27. The number of hydrogen-bond acceptors (Lipinski definition) is 2. The second-order valence-electron chi connectivity index (χ2n) is 6.45. The first-order valence-electron chi connectivity index (χ1n) is 8.78. The van der Waals surface area contributed by atoms with E-state index in [1.807, 2.05) is 30.0 Å². The molecule has 0 N–H and O–H groups in total. The van der Waals surface area contributed by atoms with E-state index in [9.17, 15) is 9.59 Å². The summed E-state index contributed by atoms with van der Waals surface area (Å²) < 4.78 is 0. The minimum absolute atomic E-state index is 0.0705. The zero-order valence-corrected chi connectivity index (χ0v) is 15.6. The molecule has 2 rings (SSSR count). The van der Waals surface area contributed by atoms with Gasteiger partial charge in [0.15, 0.2) is 0 Å². The van der Waals surface area contributed by atoms with Gasteiger partial charge in [0.25, 0.3) is 0 Å². The number of rotatable bonds is 5. The number of benzene rings is 1. The Morgan fingerprint density at radius 1 is 1.33 bits per heavy atom. The zero-order valence-electron chi connectivity index (χ0n) is 14.8. The number of hydrogen-bond donors (Lipinski definition) is 0. The number of anilines is 1. The van der Waals surface area contributed by atoms with Gasteiger partial charge >= 0.3 is 0 Å². The molecule has 1 unspecified atom stereocenters. The Morgan fingerprint density at radius 3 is 2.75 bits per heavy atom. The van der Waals surface area contributed by atoms with Gasteiger partial charge in [0.2, 0.25) is 11.8 Å². The largest absolute Gasteiger partial charge is 0.340 e. The van der Waals surface area contributed by atoms with Gasteiger partial charge in [-0.15, -0.1) is 0 Å². The molecule has 1 aliphatic heterocycles. The summed E-state index contributed by atoms with van der Waals surface area (Å²) in [5, 5.41) is 0.632. The second-order valence-corrected chi connectivity index (χ2v) is 6.86. The van der Waals surface area contributed by atoms with Gasteiger partial charge in [0, 0.05) is 43.2 Å². The molecule has 1 aromatic rings. The van der Waals surface area contributed by atoms with E-state index < -0.39 is 0 Å². The van der Waals surface area contributed by atoms with Crippen LogP contribution in [0, 0.1) is 6.92 Å². The highest BCUT2D eigenvalue weighted by Gasteiger charge is 2.26. The normalized spacial score (nSPS) is 17.7. The van der Waals surface area contributed by atoms with Gasteiger partial charge in [-0.25, -0.2) is 0 Å². The minimum atomic E-state index is -0.0705. The summed E-state index contributed by atoms with van der Waals surface area (Å²) in [6.45, 7) is 6.79. The first-order valence-corrected chi connectivity index (χ1v) is 9.16. The number of carbonyl (C=O) groups excluding carboxylic acids is 2. The van der Waals surface area contributed by atoms with E-state index in [1.54, 1.807) is 4.90 Å². The first-order chi connectivity index (χ1) is 11.5. The van der Waals surface area contributed by atoms with E-state index in [0.29, 0.717) is 24.0 Å². The maximum atomic E-state index is 12.6. The third-order valence-electron chi connectivity index (χ3n) is 4.88. The number of amides is 2. The molecule has 5 heteroatoms. The Hall–Kier alpha value is -1.55. The maximum absolute atomic E-state index is 12.6. The summed E-state index contributed by atoms with van der Waals surface area (Å²) in [4.78, 5) is 28.4. The lowest BCUT2D eigenvalue weighted by molar-refractivity contribution is -0.134. The zero-order chi connectivity index (χ0) is 17.7. The second kappa shape index (κ2) is 8.52. The third-order valence-corrected chi connectivity index (χ3v) is 5.29. The third kappa shape index (κ3) is 4.29. The van der Waals surface area contributed by atoms with Crippen molar-refractivity contribution in [2.75, 3.05) is 18.0 Å². The van der Waals surface area contributed by atoms with E-state index in [2.05, 4.69) is 6.92 Å². The predicted octanol–water partition coefficient (Wildman–Crippen LogP) is 4.18. The highest BCUT2D eigenvalue weighted by molar-refractivity contribution is 6.31. The Morgan fingerprint density at radius 2 is 2.08 bits per heavy atom. The lowest BCUT2D eigenvalue weighted by Gasteiger charge is -2.36. The van der Waals surface area contributed by atoms with E-state index in [1.165, 1.54) is 13.3 Å². The molecule has 24 heavy (non-hydrogen) atoms. The van der Waals surface area contributed by atoms with Crippen molar-refractivity contribution in [2.24, 2.45) is 0 Å². The molecule has 1 saturated heterocycles. The van der Waals surface area contributed by atoms with Gasteiger partial charge in [-0.1, -0.05) is 24.6 Å². The predicted molar refractivity (Wildman–Crippen MR) is 98.5 cm³/mol. The fourth-order valence-electron chi connectivity index (χ4n) is 3.44. The van der Waals surface area contributed by atoms with Crippen molar-refractivity contribution in [1.29, 1.82) is 0 Å². The van der Waals surface area contributed by atoms with Crippen LogP contribution < -0.4 is 4.90 Å². The van der Waals surface area contributed by atoms with E-state index in [-0.39, 0.29) is 11.8 Å². The van der Waals surface area contributed by atoms with Crippen LogP contribution in [0.2, 0.25) is 5.02 Å². The summed E-state index contributed by atoms with van der Waals surface area (Å²) >= 11 is 6.17. The number of piperidine rings is 1. The van der Waals surface area contributed by atoms with Crippen LogP contribution in [0.4, 0.5) is 5.69 Å². The molecule has 0 aliphatic carbocycles. The molecular weight excluding hydrogens is 324 g/mol. The Kier molecular flexibility index (Phi) is 6.67. The molecule has 0 saturated carbocycles. The molecule has 1 fully saturated rings. The van der Waals surface area contributed by atoms with Crippen molar-refractivity contribution in [3.63, 3.8) is 0 Å². The quantitative estimate of drug-likeness (QED) is 0.799. The van der Waals surface area contributed by atoms with E-state index in [0.717, 1.165) is 37.1 Å².